The Labute approximate surface area is 142 Å². The van der Waals surface area contributed by atoms with E-state index in [4.69, 9.17) is 20.9 Å². The molecule has 0 bridgehead atoms. The number of aromatic nitrogens is 2. The average molecular weight is 346 g/mol. The zero-order valence-electron chi connectivity index (χ0n) is 12.6. The predicted molar refractivity (Wildman–Crippen MR) is 86.9 cm³/mol. The Balaban J connectivity index is 1.76. The van der Waals surface area contributed by atoms with Crippen LogP contribution in [0, 0.1) is 17.0 Å². The van der Waals surface area contributed by atoms with Crippen molar-refractivity contribution in [2.45, 2.75) is 13.5 Å². The van der Waals surface area contributed by atoms with E-state index in [0.29, 0.717) is 16.4 Å². The molecular formula is C16H12ClN3O4. The van der Waals surface area contributed by atoms with Gasteiger partial charge in [0.05, 0.1) is 4.92 Å². The zero-order valence-corrected chi connectivity index (χ0v) is 13.4. The number of ether oxygens (including phenoxy) is 1. The lowest BCUT2D eigenvalue weighted by atomic mass is 10.2. The molecule has 0 fully saturated rings. The number of nitro groups is 1. The molecule has 0 spiro atoms. The number of hydrogen-bond donors (Lipinski definition) is 0. The summed E-state index contributed by atoms with van der Waals surface area (Å²) in [5, 5.41) is 15.5. The van der Waals surface area contributed by atoms with Crippen molar-refractivity contribution in [1.82, 2.24) is 10.1 Å². The van der Waals surface area contributed by atoms with E-state index in [0.717, 1.165) is 5.56 Å². The van der Waals surface area contributed by atoms with Gasteiger partial charge in [0, 0.05) is 16.7 Å². The molecule has 0 radical (unpaired) electrons. The maximum absolute atomic E-state index is 11.1. The number of halogens is 1. The van der Waals surface area contributed by atoms with Crippen LogP contribution in [0.5, 0.6) is 5.75 Å². The molecule has 2 aromatic carbocycles. The predicted octanol–water partition coefficient (Wildman–Crippen LogP) is 4.19. The van der Waals surface area contributed by atoms with Crippen molar-refractivity contribution in [3.63, 3.8) is 0 Å². The maximum atomic E-state index is 11.1. The Morgan fingerprint density at radius 1 is 1.29 bits per heavy atom. The van der Waals surface area contributed by atoms with Crippen LogP contribution in [0.25, 0.3) is 11.4 Å². The van der Waals surface area contributed by atoms with Crippen molar-refractivity contribution in [2.24, 2.45) is 0 Å². The van der Waals surface area contributed by atoms with Crippen molar-refractivity contribution in [3.8, 4) is 17.1 Å². The summed E-state index contributed by atoms with van der Waals surface area (Å²) >= 11 is 5.93. The van der Waals surface area contributed by atoms with E-state index < -0.39 is 4.92 Å². The second-order valence-electron chi connectivity index (χ2n) is 5.04. The summed E-state index contributed by atoms with van der Waals surface area (Å²) in [7, 11) is 0. The van der Waals surface area contributed by atoms with Crippen molar-refractivity contribution in [2.75, 3.05) is 0 Å². The van der Waals surface area contributed by atoms with Crippen LogP contribution in [0.3, 0.4) is 0 Å². The Hall–Kier alpha value is -2.93. The van der Waals surface area contributed by atoms with Gasteiger partial charge in [-0.3, -0.25) is 10.1 Å². The molecule has 3 rings (SSSR count). The first-order valence-corrected chi connectivity index (χ1v) is 7.37. The Morgan fingerprint density at radius 2 is 2.12 bits per heavy atom. The molecule has 1 heterocycles. The van der Waals surface area contributed by atoms with Crippen LogP contribution in [-0.2, 0) is 6.61 Å². The van der Waals surface area contributed by atoms with Crippen LogP contribution in [0.2, 0.25) is 5.02 Å². The SMILES string of the molecule is Cc1ccc(OCc2nc(-c3cccc(Cl)c3)no2)c([N+](=O)[O-])c1. The summed E-state index contributed by atoms with van der Waals surface area (Å²) in [6.07, 6.45) is 0. The second-order valence-corrected chi connectivity index (χ2v) is 5.48. The highest BCUT2D eigenvalue weighted by atomic mass is 35.5. The number of hydrogen-bond acceptors (Lipinski definition) is 6. The Kier molecular flexibility index (Phi) is 4.43. The number of nitro benzene ring substituents is 1. The van der Waals surface area contributed by atoms with Gasteiger partial charge in [-0.2, -0.15) is 4.98 Å². The molecule has 122 valence electrons. The number of benzene rings is 2. The average Bonchev–Trinajstić information content (AvgIpc) is 3.02. The smallest absolute Gasteiger partial charge is 0.311 e. The third-order valence-electron chi connectivity index (χ3n) is 3.21. The summed E-state index contributed by atoms with van der Waals surface area (Å²) in [6.45, 7) is 1.70. The quantitative estimate of drug-likeness (QED) is 0.508. The fourth-order valence-corrected chi connectivity index (χ4v) is 2.28. The molecule has 7 nitrogen and oxygen atoms in total. The molecule has 0 atom stereocenters. The third kappa shape index (κ3) is 3.52. The molecule has 0 aliphatic rings. The molecule has 3 aromatic rings. The summed E-state index contributed by atoms with van der Waals surface area (Å²) in [4.78, 5) is 14.8. The van der Waals surface area contributed by atoms with Gasteiger partial charge in [0.25, 0.3) is 5.89 Å². The topological polar surface area (TPSA) is 91.3 Å². The lowest BCUT2D eigenvalue weighted by molar-refractivity contribution is -0.386. The first-order valence-electron chi connectivity index (χ1n) is 6.99. The summed E-state index contributed by atoms with van der Waals surface area (Å²) in [6, 6.07) is 11.7. The largest absolute Gasteiger partial charge is 0.477 e. The normalized spacial score (nSPS) is 10.6. The number of nitrogens with zero attached hydrogens (tertiary/aromatic N) is 3. The van der Waals surface area contributed by atoms with Gasteiger partial charge in [0.2, 0.25) is 5.82 Å². The number of rotatable bonds is 5. The van der Waals surface area contributed by atoms with Crippen molar-refractivity contribution >= 4 is 17.3 Å². The van der Waals surface area contributed by atoms with E-state index in [1.807, 2.05) is 0 Å². The van der Waals surface area contributed by atoms with Crippen molar-refractivity contribution in [3.05, 3.63) is 69.1 Å². The lowest BCUT2D eigenvalue weighted by Gasteiger charge is -2.04. The van der Waals surface area contributed by atoms with Crippen LogP contribution < -0.4 is 4.74 Å². The highest BCUT2D eigenvalue weighted by Gasteiger charge is 2.17. The van der Waals surface area contributed by atoms with E-state index >= 15 is 0 Å². The van der Waals surface area contributed by atoms with Crippen LogP contribution in [-0.4, -0.2) is 15.1 Å². The van der Waals surface area contributed by atoms with Gasteiger partial charge < -0.3 is 9.26 Å². The number of aryl methyl sites for hydroxylation is 1. The first kappa shape index (κ1) is 15.9. The van der Waals surface area contributed by atoms with E-state index in [-0.39, 0.29) is 23.9 Å². The van der Waals surface area contributed by atoms with Gasteiger partial charge in [-0.25, -0.2) is 0 Å². The zero-order chi connectivity index (χ0) is 17.1. The molecule has 0 unspecified atom stereocenters. The highest BCUT2D eigenvalue weighted by Crippen LogP contribution is 2.28. The minimum atomic E-state index is -0.493. The lowest BCUT2D eigenvalue weighted by Crippen LogP contribution is -1.99. The van der Waals surface area contributed by atoms with Gasteiger partial charge in [-0.1, -0.05) is 35.0 Å². The monoisotopic (exact) mass is 345 g/mol. The maximum Gasteiger partial charge on any atom is 0.311 e. The summed E-state index contributed by atoms with van der Waals surface area (Å²) < 4.78 is 10.6. The molecular weight excluding hydrogens is 334 g/mol. The molecule has 24 heavy (non-hydrogen) atoms. The third-order valence-corrected chi connectivity index (χ3v) is 3.45. The minimum absolute atomic E-state index is 0.0720. The van der Waals surface area contributed by atoms with Crippen molar-refractivity contribution in [1.29, 1.82) is 0 Å². The van der Waals surface area contributed by atoms with Crippen LogP contribution >= 0.6 is 11.6 Å². The minimum Gasteiger partial charge on any atom is -0.477 e. The molecule has 0 N–H and O–H groups in total. The Bertz CT molecular complexity index is 895. The molecule has 0 aliphatic heterocycles. The van der Waals surface area contributed by atoms with Gasteiger partial charge in [0.1, 0.15) is 0 Å². The van der Waals surface area contributed by atoms with E-state index in [9.17, 15) is 10.1 Å². The molecule has 0 saturated carbocycles. The molecule has 0 amide bonds. The first-order chi connectivity index (χ1) is 11.5. The second kappa shape index (κ2) is 6.67. The summed E-state index contributed by atoms with van der Waals surface area (Å²) in [5.74, 6) is 0.724. The van der Waals surface area contributed by atoms with Gasteiger partial charge >= 0.3 is 5.69 Å². The molecule has 1 aromatic heterocycles. The van der Waals surface area contributed by atoms with Gasteiger partial charge in [-0.05, 0) is 30.7 Å². The fraction of sp³-hybridized carbons (Fsp3) is 0.125. The van der Waals surface area contributed by atoms with E-state index in [1.165, 1.54) is 6.07 Å². The van der Waals surface area contributed by atoms with Gasteiger partial charge in [-0.15, -0.1) is 0 Å². The molecule has 8 heteroatoms. The Morgan fingerprint density at radius 3 is 2.88 bits per heavy atom. The van der Waals surface area contributed by atoms with Crippen molar-refractivity contribution < 1.29 is 14.2 Å². The van der Waals surface area contributed by atoms with E-state index in [1.54, 1.807) is 43.3 Å². The standard InChI is InChI=1S/C16H12ClN3O4/c1-10-5-6-14(13(7-10)20(21)22)23-9-15-18-16(19-24-15)11-3-2-4-12(17)8-11/h2-8H,9H2,1H3. The van der Waals surface area contributed by atoms with Crippen LogP contribution in [0.15, 0.2) is 47.0 Å². The van der Waals surface area contributed by atoms with Crippen LogP contribution in [0.1, 0.15) is 11.5 Å². The summed E-state index contributed by atoms with van der Waals surface area (Å²) in [5.41, 5.74) is 1.37. The van der Waals surface area contributed by atoms with Gasteiger partial charge in [0.15, 0.2) is 12.4 Å². The molecule has 0 saturated heterocycles. The molecule has 0 aliphatic carbocycles. The highest BCUT2D eigenvalue weighted by molar-refractivity contribution is 6.30. The fourth-order valence-electron chi connectivity index (χ4n) is 2.09. The van der Waals surface area contributed by atoms with Crippen LogP contribution in [0.4, 0.5) is 5.69 Å². The van der Waals surface area contributed by atoms with E-state index in [2.05, 4.69) is 10.1 Å².